The Morgan fingerprint density at radius 3 is 2.23 bits per heavy atom. The van der Waals surface area contributed by atoms with Crippen LogP contribution in [-0.4, -0.2) is 18.9 Å². The Morgan fingerprint density at radius 1 is 0.903 bits per heavy atom. The number of nitrogens with zero attached hydrogens (tertiary/aromatic N) is 1. The van der Waals surface area contributed by atoms with Crippen LogP contribution in [0.25, 0.3) is 5.57 Å². The summed E-state index contributed by atoms with van der Waals surface area (Å²) in [5.74, 6) is -0.862. The lowest BCUT2D eigenvalue weighted by atomic mass is 10.0. The van der Waals surface area contributed by atoms with Crippen LogP contribution in [0.3, 0.4) is 0 Å². The first-order valence-corrected chi connectivity index (χ1v) is 9.91. The van der Waals surface area contributed by atoms with Crippen molar-refractivity contribution in [2.75, 3.05) is 17.3 Å². The number of rotatable bonds is 6. The van der Waals surface area contributed by atoms with E-state index in [0.717, 1.165) is 16.9 Å². The third kappa shape index (κ3) is 3.80. The van der Waals surface area contributed by atoms with Crippen LogP contribution in [0, 0.1) is 5.82 Å². The fourth-order valence-electron chi connectivity index (χ4n) is 3.54. The summed E-state index contributed by atoms with van der Waals surface area (Å²) in [6, 6.07) is 19.9. The van der Waals surface area contributed by atoms with Gasteiger partial charge in [-0.3, -0.25) is 9.59 Å². The van der Waals surface area contributed by atoms with Gasteiger partial charge in [-0.15, -0.1) is 0 Å². The molecule has 31 heavy (non-hydrogen) atoms. The smallest absolute Gasteiger partial charge is 0.282 e. The molecule has 0 aromatic heterocycles. The monoisotopic (exact) mass is 416 g/mol. The molecule has 3 aromatic rings. The van der Waals surface area contributed by atoms with Crippen LogP contribution >= 0.6 is 0 Å². The number of nitrogens with one attached hydrogen (secondary N) is 1. The number of halogens is 1. The van der Waals surface area contributed by atoms with Crippen molar-refractivity contribution in [2.45, 2.75) is 13.3 Å². The number of methoxy groups -OCH3 is 1. The molecule has 5 nitrogen and oxygen atoms in total. The van der Waals surface area contributed by atoms with E-state index in [9.17, 15) is 14.0 Å². The molecular weight excluding hydrogens is 395 g/mol. The number of amides is 2. The molecule has 1 heterocycles. The van der Waals surface area contributed by atoms with Gasteiger partial charge in [0.25, 0.3) is 11.8 Å². The quantitative estimate of drug-likeness (QED) is 0.587. The molecular formula is C25H21FN2O3. The number of benzene rings is 3. The molecule has 6 heteroatoms. The van der Waals surface area contributed by atoms with Crippen LogP contribution < -0.4 is 15.0 Å². The molecule has 0 unspecified atom stereocenters. The summed E-state index contributed by atoms with van der Waals surface area (Å²) >= 11 is 0. The highest BCUT2D eigenvalue weighted by Crippen LogP contribution is 2.37. The molecule has 1 N–H and O–H groups in total. The number of aryl methyl sites for hydroxylation is 1. The number of hydrogen-bond acceptors (Lipinski definition) is 4. The van der Waals surface area contributed by atoms with E-state index in [1.807, 2.05) is 19.1 Å². The van der Waals surface area contributed by atoms with Crippen molar-refractivity contribution in [1.29, 1.82) is 0 Å². The molecule has 0 fully saturated rings. The van der Waals surface area contributed by atoms with Crippen molar-refractivity contribution in [2.24, 2.45) is 0 Å². The standard InChI is InChI=1S/C25H21FN2O3/c1-3-16-8-14-19(15-9-16)28-24(29)22(20-6-4-5-7-21(20)31-2)23(25(28)30)27-18-12-10-17(26)11-13-18/h4-15,27H,3H2,1-2H3. The lowest BCUT2D eigenvalue weighted by molar-refractivity contribution is -0.120. The number of carbonyl (C=O) groups excluding carboxylic acids is 2. The number of carbonyl (C=O) groups is 2. The Hall–Kier alpha value is -3.93. The van der Waals surface area contributed by atoms with Gasteiger partial charge < -0.3 is 10.1 Å². The van der Waals surface area contributed by atoms with Crippen LogP contribution in [0.15, 0.2) is 78.5 Å². The van der Waals surface area contributed by atoms with Gasteiger partial charge >= 0.3 is 0 Å². The normalized spacial score (nSPS) is 13.7. The fraction of sp³-hybridized carbons (Fsp3) is 0.120. The Morgan fingerprint density at radius 2 is 1.58 bits per heavy atom. The number of ether oxygens (including phenoxy) is 1. The minimum Gasteiger partial charge on any atom is -0.496 e. The molecule has 156 valence electrons. The molecule has 0 bridgehead atoms. The first-order valence-electron chi connectivity index (χ1n) is 9.91. The summed E-state index contributed by atoms with van der Waals surface area (Å²) in [6.45, 7) is 2.03. The van der Waals surface area contributed by atoms with E-state index in [1.54, 1.807) is 36.4 Å². The van der Waals surface area contributed by atoms with E-state index in [-0.39, 0.29) is 11.3 Å². The zero-order chi connectivity index (χ0) is 22.0. The van der Waals surface area contributed by atoms with E-state index in [0.29, 0.717) is 22.7 Å². The Kier molecular flexibility index (Phi) is 5.54. The van der Waals surface area contributed by atoms with Crippen LogP contribution in [0.4, 0.5) is 15.8 Å². The number of imide groups is 1. The van der Waals surface area contributed by atoms with Gasteiger partial charge in [0.1, 0.15) is 17.3 Å². The molecule has 4 rings (SSSR count). The second kappa shape index (κ2) is 8.44. The zero-order valence-electron chi connectivity index (χ0n) is 17.2. The summed E-state index contributed by atoms with van der Waals surface area (Å²) in [5, 5.41) is 3.02. The Labute approximate surface area is 179 Å². The molecule has 1 aliphatic rings. The minimum atomic E-state index is -0.487. The lowest BCUT2D eigenvalue weighted by Gasteiger charge is -2.16. The Balaban J connectivity index is 1.83. The summed E-state index contributed by atoms with van der Waals surface area (Å²) in [5.41, 5.74) is 2.89. The maximum Gasteiger partial charge on any atom is 0.282 e. The lowest BCUT2D eigenvalue weighted by Crippen LogP contribution is -2.32. The van der Waals surface area contributed by atoms with Crippen LogP contribution in [0.2, 0.25) is 0 Å². The maximum atomic E-state index is 13.5. The SMILES string of the molecule is CCc1ccc(N2C(=O)C(Nc3ccc(F)cc3)=C(c3ccccc3OC)C2=O)cc1. The summed E-state index contributed by atoms with van der Waals surface area (Å²) in [4.78, 5) is 28.0. The number of para-hydroxylation sites is 1. The van der Waals surface area contributed by atoms with E-state index in [2.05, 4.69) is 5.32 Å². The summed E-state index contributed by atoms with van der Waals surface area (Å²) in [7, 11) is 1.51. The maximum absolute atomic E-state index is 13.5. The van der Waals surface area contributed by atoms with Gasteiger partial charge in [0, 0.05) is 11.3 Å². The van der Waals surface area contributed by atoms with Crippen molar-refractivity contribution in [3.8, 4) is 5.75 Å². The molecule has 0 saturated carbocycles. The molecule has 0 atom stereocenters. The average molecular weight is 416 g/mol. The summed E-state index contributed by atoms with van der Waals surface area (Å²) in [6.07, 6.45) is 0.851. The molecule has 3 aromatic carbocycles. The Bertz CT molecular complexity index is 1170. The molecule has 0 saturated heterocycles. The van der Waals surface area contributed by atoms with Crippen LogP contribution in [0.1, 0.15) is 18.1 Å². The first-order chi connectivity index (χ1) is 15.0. The van der Waals surface area contributed by atoms with Crippen molar-refractivity contribution >= 4 is 28.8 Å². The van der Waals surface area contributed by atoms with Crippen LogP contribution in [0.5, 0.6) is 5.75 Å². The minimum absolute atomic E-state index is 0.112. The highest BCUT2D eigenvalue weighted by Gasteiger charge is 2.41. The van der Waals surface area contributed by atoms with E-state index < -0.39 is 17.6 Å². The average Bonchev–Trinajstić information content (AvgIpc) is 3.04. The third-order valence-corrected chi connectivity index (χ3v) is 5.18. The van der Waals surface area contributed by atoms with Crippen molar-refractivity contribution < 1.29 is 18.7 Å². The third-order valence-electron chi connectivity index (χ3n) is 5.18. The second-order valence-electron chi connectivity index (χ2n) is 7.05. The molecule has 1 aliphatic heterocycles. The fourth-order valence-corrected chi connectivity index (χ4v) is 3.54. The number of anilines is 2. The van der Waals surface area contributed by atoms with Gasteiger partial charge in [-0.05, 0) is 54.4 Å². The summed E-state index contributed by atoms with van der Waals surface area (Å²) < 4.78 is 18.8. The topological polar surface area (TPSA) is 58.6 Å². The largest absolute Gasteiger partial charge is 0.496 e. The van der Waals surface area contributed by atoms with E-state index >= 15 is 0 Å². The van der Waals surface area contributed by atoms with E-state index in [4.69, 9.17) is 4.74 Å². The van der Waals surface area contributed by atoms with Gasteiger partial charge in [-0.25, -0.2) is 9.29 Å². The van der Waals surface area contributed by atoms with E-state index in [1.165, 1.54) is 31.4 Å². The van der Waals surface area contributed by atoms with Gasteiger partial charge in [-0.1, -0.05) is 37.3 Å². The van der Waals surface area contributed by atoms with Gasteiger partial charge in [0.05, 0.1) is 18.4 Å². The van der Waals surface area contributed by atoms with Crippen molar-refractivity contribution in [1.82, 2.24) is 0 Å². The highest BCUT2D eigenvalue weighted by atomic mass is 19.1. The molecule has 0 spiro atoms. The second-order valence-corrected chi connectivity index (χ2v) is 7.05. The van der Waals surface area contributed by atoms with Crippen molar-refractivity contribution in [3.63, 3.8) is 0 Å². The molecule has 2 amide bonds. The van der Waals surface area contributed by atoms with Gasteiger partial charge in [-0.2, -0.15) is 0 Å². The highest BCUT2D eigenvalue weighted by molar-refractivity contribution is 6.46. The van der Waals surface area contributed by atoms with Gasteiger partial charge in [0.2, 0.25) is 0 Å². The molecule has 0 aliphatic carbocycles. The van der Waals surface area contributed by atoms with Gasteiger partial charge in [0.15, 0.2) is 0 Å². The zero-order valence-corrected chi connectivity index (χ0v) is 17.2. The number of hydrogen-bond donors (Lipinski definition) is 1. The van der Waals surface area contributed by atoms with Crippen molar-refractivity contribution in [3.05, 3.63) is 95.4 Å². The van der Waals surface area contributed by atoms with Crippen LogP contribution in [-0.2, 0) is 16.0 Å². The predicted molar refractivity (Wildman–Crippen MR) is 118 cm³/mol. The first kappa shape index (κ1) is 20.3. The predicted octanol–water partition coefficient (Wildman–Crippen LogP) is 4.79. The molecule has 0 radical (unpaired) electrons.